The van der Waals surface area contributed by atoms with Gasteiger partial charge in [0, 0.05) is 55.3 Å². The third-order valence-corrected chi connectivity index (χ3v) is 8.57. The Hall–Kier alpha value is -4.23. The highest BCUT2D eigenvalue weighted by atomic mass is 32.2. The van der Waals surface area contributed by atoms with Crippen LogP contribution >= 0.6 is 0 Å². The highest BCUT2D eigenvalue weighted by Crippen LogP contribution is 2.41. The summed E-state index contributed by atoms with van der Waals surface area (Å²) in [5.74, 6) is -1.78. The summed E-state index contributed by atoms with van der Waals surface area (Å²) in [6.07, 6.45) is 9.19. The Morgan fingerprint density at radius 2 is 1.55 bits per heavy atom. The van der Waals surface area contributed by atoms with E-state index in [9.17, 15) is 27.6 Å². The number of fused-ring (bicyclic) bond motifs is 1. The average Bonchev–Trinajstić information content (AvgIpc) is 2.98. The molecule has 2 N–H and O–H groups in total. The number of hydrogen-bond donors (Lipinski definition) is 2. The van der Waals surface area contributed by atoms with E-state index >= 15 is 0 Å². The number of nitrogens with zero attached hydrogens (tertiary/aromatic N) is 3. The SMILES string of the molecule is CCN(CC)c1ccc2c(c1)OC(C(C)(C)C)=C\C2=C/C=C/C=C1\C(=O)N(CCCCCC(=O)O)C(=O)N(CCCS(=O)(=O)O)C1=O. The van der Waals surface area contributed by atoms with Crippen LogP contribution in [0.1, 0.15) is 72.3 Å². The number of amides is 4. The molecule has 0 radical (unpaired) electrons. The fourth-order valence-corrected chi connectivity index (χ4v) is 5.67. The van der Waals surface area contributed by atoms with Crippen LogP contribution in [0.2, 0.25) is 0 Å². The summed E-state index contributed by atoms with van der Waals surface area (Å²) in [5.41, 5.74) is 2.22. The van der Waals surface area contributed by atoms with Crippen molar-refractivity contribution in [2.45, 2.75) is 66.7 Å². The number of ether oxygens (including phenoxy) is 1. The molecule has 0 bridgehead atoms. The summed E-state index contributed by atoms with van der Waals surface area (Å²) in [5, 5.41) is 8.86. The molecular formula is C34H45N3O9S. The van der Waals surface area contributed by atoms with Crippen molar-refractivity contribution in [2.24, 2.45) is 5.41 Å². The highest BCUT2D eigenvalue weighted by molar-refractivity contribution is 7.85. The lowest BCUT2D eigenvalue weighted by molar-refractivity contribution is -0.138. The fraction of sp³-hybridized carbons (Fsp3) is 0.471. The first-order valence-electron chi connectivity index (χ1n) is 15.8. The van der Waals surface area contributed by atoms with Gasteiger partial charge < -0.3 is 14.7 Å². The zero-order valence-electron chi connectivity index (χ0n) is 27.7. The van der Waals surface area contributed by atoms with Crippen molar-refractivity contribution >= 4 is 45.2 Å². The van der Waals surface area contributed by atoms with Gasteiger partial charge in [-0.25, -0.2) is 4.79 Å². The number of hydrogen-bond acceptors (Lipinski definition) is 8. The number of imide groups is 2. The lowest BCUT2D eigenvalue weighted by Crippen LogP contribution is -2.56. The Labute approximate surface area is 276 Å². The molecule has 1 fully saturated rings. The minimum absolute atomic E-state index is 0.0445. The summed E-state index contributed by atoms with van der Waals surface area (Å²) in [6.45, 7) is 11.7. The number of carbonyl (C=O) groups excluding carboxylic acids is 3. The van der Waals surface area contributed by atoms with Gasteiger partial charge in [-0.15, -0.1) is 0 Å². The van der Waals surface area contributed by atoms with Crippen molar-refractivity contribution in [1.29, 1.82) is 0 Å². The van der Waals surface area contributed by atoms with E-state index < -0.39 is 39.7 Å². The number of allylic oxidation sites excluding steroid dienone is 7. The topological polar surface area (TPSA) is 162 Å². The monoisotopic (exact) mass is 671 g/mol. The molecule has 4 amide bonds. The molecule has 0 saturated carbocycles. The minimum Gasteiger partial charge on any atom is -0.481 e. The molecule has 2 aliphatic rings. The lowest BCUT2D eigenvalue weighted by Gasteiger charge is -2.33. The van der Waals surface area contributed by atoms with E-state index in [2.05, 4.69) is 39.5 Å². The van der Waals surface area contributed by atoms with E-state index in [1.54, 1.807) is 6.08 Å². The zero-order valence-corrected chi connectivity index (χ0v) is 28.5. The molecule has 256 valence electrons. The van der Waals surface area contributed by atoms with Crippen molar-refractivity contribution in [3.63, 3.8) is 0 Å². The molecule has 1 saturated heterocycles. The van der Waals surface area contributed by atoms with Crippen LogP contribution in [0, 0.1) is 5.41 Å². The smallest absolute Gasteiger partial charge is 0.333 e. The van der Waals surface area contributed by atoms with Gasteiger partial charge in [-0.2, -0.15) is 8.42 Å². The van der Waals surface area contributed by atoms with Crippen molar-refractivity contribution in [1.82, 2.24) is 9.80 Å². The number of barbiturate groups is 1. The summed E-state index contributed by atoms with van der Waals surface area (Å²) < 4.78 is 37.9. The molecule has 13 heteroatoms. The first-order valence-corrected chi connectivity index (χ1v) is 17.4. The summed E-state index contributed by atoms with van der Waals surface area (Å²) in [6, 6.07) is 5.16. The first-order chi connectivity index (χ1) is 22.1. The van der Waals surface area contributed by atoms with Crippen LogP contribution in [-0.2, 0) is 24.5 Å². The maximum Gasteiger partial charge on any atom is 0.333 e. The van der Waals surface area contributed by atoms with Gasteiger partial charge in [0.05, 0.1) is 5.75 Å². The van der Waals surface area contributed by atoms with E-state index in [0.29, 0.717) is 19.3 Å². The number of urea groups is 1. The van der Waals surface area contributed by atoms with E-state index in [-0.39, 0.29) is 36.9 Å². The Kier molecular flexibility index (Phi) is 12.7. The first kappa shape index (κ1) is 37.2. The van der Waals surface area contributed by atoms with Gasteiger partial charge in [-0.3, -0.25) is 28.7 Å². The number of carbonyl (C=O) groups is 4. The molecule has 2 heterocycles. The van der Waals surface area contributed by atoms with E-state index in [4.69, 9.17) is 14.4 Å². The molecule has 47 heavy (non-hydrogen) atoms. The Balaban J connectivity index is 1.92. The Morgan fingerprint density at radius 3 is 2.13 bits per heavy atom. The number of aliphatic carboxylic acids is 1. The third-order valence-electron chi connectivity index (χ3n) is 7.77. The van der Waals surface area contributed by atoms with Gasteiger partial charge in [0.1, 0.15) is 17.1 Å². The van der Waals surface area contributed by atoms with Crippen LogP contribution in [0.15, 0.2) is 59.9 Å². The molecule has 2 aliphatic heterocycles. The number of benzene rings is 1. The van der Waals surface area contributed by atoms with Gasteiger partial charge in [-0.05, 0) is 63.0 Å². The minimum atomic E-state index is -4.32. The van der Waals surface area contributed by atoms with Gasteiger partial charge in [0.15, 0.2) is 0 Å². The Bertz CT molecular complexity index is 1600. The number of carboxylic acid groups (broad SMARTS) is 1. The van der Waals surface area contributed by atoms with Crippen molar-refractivity contribution in [2.75, 3.05) is 36.8 Å². The van der Waals surface area contributed by atoms with Crippen LogP contribution in [0.25, 0.3) is 5.57 Å². The molecular weight excluding hydrogens is 626 g/mol. The van der Waals surface area contributed by atoms with Crippen LogP contribution in [0.3, 0.4) is 0 Å². The predicted octanol–water partition coefficient (Wildman–Crippen LogP) is 5.43. The van der Waals surface area contributed by atoms with E-state index in [1.807, 2.05) is 30.4 Å². The van der Waals surface area contributed by atoms with Crippen LogP contribution in [0.5, 0.6) is 5.75 Å². The Morgan fingerprint density at radius 1 is 0.936 bits per heavy atom. The van der Waals surface area contributed by atoms with Crippen LogP contribution < -0.4 is 9.64 Å². The second-order valence-corrected chi connectivity index (χ2v) is 13.9. The maximum absolute atomic E-state index is 13.3. The molecule has 1 aromatic carbocycles. The van der Waals surface area contributed by atoms with Gasteiger partial charge in [-0.1, -0.05) is 45.4 Å². The average molecular weight is 672 g/mol. The number of rotatable bonds is 15. The zero-order chi connectivity index (χ0) is 34.9. The summed E-state index contributed by atoms with van der Waals surface area (Å²) >= 11 is 0. The summed E-state index contributed by atoms with van der Waals surface area (Å²) in [7, 11) is -4.32. The number of carboxylic acids is 1. The molecule has 0 spiro atoms. The predicted molar refractivity (Wildman–Crippen MR) is 179 cm³/mol. The molecule has 0 aromatic heterocycles. The van der Waals surface area contributed by atoms with Crippen molar-refractivity contribution in [3.8, 4) is 5.75 Å². The van der Waals surface area contributed by atoms with Gasteiger partial charge >= 0.3 is 12.0 Å². The molecule has 3 rings (SSSR count). The third kappa shape index (κ3) is 10.1. The summed E-state index contributed by atoms with van der Waals surface area (Å²) in [4.78, 5) is 54.5. The van der Waals surface area contributed by atoms with Gasteiger partial charge in [0.25, 0.3) is 21.9 Å². The molecule has 1 aromatic rings. The number of anilines is 1. The van der Waals surface area contributed by atoms with Gasteiger partial charge in [0.2, 0.25) is 0 Å². The van der Waals surface area contributed by atoms with E-state index in [1.165, 1.54) is 12.2 Å². The lowest BCUT2D eigenvalue weighted by atomic mass is 9.89. The molecule has 0 unspecified atom stereocenters. The second-order valence-electron chi connectivity index (χ2n) is 12.3. The molecule has 0 aliphatic carbocycles. The van der Waals surface area contributed by atoms with Crippen LogP contribution in [0.4, 0.5) is 10.5 Å². The van der Waals surface area contributed by atoms with Crippen LogP contribution in [-0.4, -0.2) is 83.6 Å². The van der Waals surface area contributed by atoms with Crippen molar-refractivity contribution < 1.29 is 42.0 Å². The standard InChI is InChI=1S/C34H45N3O9S/c1-6-35(7-2)25-17-18-26-24(22-29(34(3,4)5)46-28(26)23-25)14-10-11-15-27-31(40)36(19-12-8-9-16-30(38)39)33(42)37(32(27)41)20-13-21-47(43,44)45/h10-11,14-15,17-18,22-23H,6-9,12-13,16,19-21H2,1-5H3,(H,38,39)(H,43,44,45)/b11-10+,24-14+,27-15+. The fourth-order valence-electron chi connectivity index (χ4n) is 5.17. The van der Waals surface area contributed by atoms with E-state index in [0.717, 1.165) is 51.2 Å². The largest absolute Gasteiger partial charge is 0.481 e. The highest BCUT2D eigenvalue weighted by Gasteiger charge is 2.41. The quantitative estimate of drug-likeness (QED) is 0.106. The maximum atomic E-state index is 13.3. The number of unbranched alkanes of at least 4 members (excludes halogenated alkanes) is 2. The normalized spacial score (nSPS) is 17.4. The second kappa shape index (κ2) is 16.1. The molecule has 12 nitrogen and oxygen atoms in total. The molecule has 0 atom stereocenters. The van der Waals surface area contributed by atoms with Crippen molar-refractivity contribution in [3.05, 3.63) is 65.5 Å².